The van der Waals surface area contributed by atoms with Crippen molar-refractivity contribution in [1.82, 2.24) is 0 Å². The highest BCUT2D eigenvalue weighted by molar-refractivity contribution is 5.26. The van der Waals surface area contributed by atoms with Crippen molar-refractivity contribution in [2.75, 3.05) is 0 Å². The fourth-order valence-corrected chi connectivity index (χ4v) is 1.25. The third-order valence-electron chi connectivity index (χ3n) is 2.17. The van der Waals surface area contributed by atoms with Crippen molar-refractivity contribution in [3.63, 3.8) is 0 Å². The van der Waals surface area contributed by atoms with E-state index in [4.69, 9.17) is 0 Å². The Kier molecular flexibility index (Phi) is 2.92. The van der Waals surface area contributed by atoms with Gasteiger partial charge in [0.25, 0.3) is 0 Å². The lowest BCUT2D eigenvalue weighted by atomic mass is 9.94. The molecule has 0 fully saturated rings. The Morgan fingerprint density at radius 1 is 1.36 bits per heavy atom. The predicted octanol–water partition coefficient (Wildman–Crippen LogP) is 1.94. The van der Waals surface area contributed by atoms with Crippen LogP contribution in [0.4, 0.5) is 4.39 Å². The number of hydrogen-bond donors (Lipinski definition) is 2. The van der Waals surface area contributed by atoms with Crippen LogP contribution in [0.15, 0.2) is 18.2 Å². The van der Waals surface area contributed by atoms with E-state index < -0.39 is 11.7 Å². The van der Waals surface area contributed by atoms with Gasteiger partial charge in [0.05, 0.1) is 5.60 Å². The Hall–Kier alpha value is -0.930. The molecular weight excluding hydrogens is 183 g/mol. The van der Waals surface area contributed by atoms with E-state index in [1.807, 2.05) is 0 Å². The zero-order chi connectivity index (χ0) is 10.9. The third-order valence-corrected chi connectivity index (χ3v) is 2.17. The fourth-order valence-electron chi connectivity index (χ4n) is 1.25. The maximum Gasteiger partial charge on any atom is 0.126 e. The van der Waals surface area contributed by atoms with Gasteiger partial charge in [-0.1, -0.05) is 12.1 Å². The van der Waals surface area contributed by atoms with Crippen molar-refractivity contribution in [2.45, 2.75) is 32.5 Å². The molecule has 1 unspecified atom stereocenters. The van der Waals surface area contributed by atoms with E-state index in [-0.39, 0.29) is 5.82 Å². The Balaban J connectivity index is 3.03. The molecule has 78 valence electrons. The first kappa shape index (κ1) is 11.1. The summed E-state index contributed by atoms with van der Waals surface area (Å²) in [6, 6.07) is 4.31. The van der Waals surface area contributed by atoms with Crippen LogP contribution in [0.2, 0.25) is 0 Å². The van der Waals surface area contributed by atoms with Gasteiger partial charge in [0.15, 0.2) is 0 Å². The SMILES string of the molecule is Cc1cc(C(O)C(C)(C)O)ccc1F. The van der Waals surface area contributed by atoms with Crippen LogP contribution in [-0.2, 0) is 0 Å². The average molecular weight is 198 g/mol. The first-order valence-corrected chi connectivity index (χ1v) is 4.49. The first-order valence-electron chi connectivity index (χ1n) is 4.49. The molecule has 3 heteroatoms. The molecule has 0 saturated heterocycles. The molecule has 0 radical (unpaired) electrons. The Bertz CT molecular complexity index is 329. The molecule has 0 amide bonds. The molecule has 14 heavy (non-hydrogen) atoms. The highest BCUT2D eigenvalue weighted by Crippen LogP contribution is 2.26. The fraction of sp³-hybridized carbons (Fsp3) is 0.455. The molecule has 1 aromatic carbocycles. The standard InChI is InChI=1S/C11H15FO2/c1-7-6-8(4-5-9(7)12)10(13)11(2,3)14/h4-6,10,13-14H,1-3H3. The van der Waals surface area contributed by atoms with Gasteiger partial charge >= 0.3 is 0 Å². The van der Waals surface area contributed by atoms with Crippen LogP contribution in [0.3, 0.4) is 0 Å². The zero-order valence-electron chi connectivity index (χ0n) is 8.58. The summed E-state index contributed by atoms with van der Waals surface area (Å²) in [4.78, 5) is 0. The Labute approximate surface area is 83.0 Å². The molecule has 2 N–H and O–H groups in total. The van der Waals surface area contributed by atoms with Crippen LogP contribution < -0.4 is 0 Å². The van der Waals surface area contributed by atoms with E-state index in [2.05, 4.69) is 0 Å². The second-order valence-electron chi connectivity index (χ2n) is 4.06. The number of hydrogen-bond acceptors (Lipinski definition) is 2. The van der Waals surface area contributed by atoms with Crippen LogP contribution in [-0.4, -0.2) is 15.8 Å². The van der Waals surface area contributed by atoms with E-state index in [1.165, 1.54) is 32.0 Å². The quantitative estimate of drug-likeness (QED) is 0.762. The summed E-state index contributed by atoms with van der Waals surface area (Å²) in [5.41, 5.74) is -0.230. The molecular formula is C11H15FO2. The van der Waals surface area contributed by atoms with Gasteiger partial charge in [-0.2, -0.15) is 0 Å². The number of rotatable bonds is 2. The summed E-state index contributed by atoms with van der Waals surface area (Å²) in [7, 11) is 0. The summed E-state index contributed by atoms with van der Waals surface area (Å²) in [6.07, 6.45) is -0.998. The lowest BCUT2D eigenvalue weighted by molar-refractivity contribution is -0.0497. The summed E-state index contributed by atoms with van der Waals surface area (Å²) in [6.45, 7) is 4.64. The smallest absolute Gasteiger partial charge is 0.126 e. The van der Waals surface area contributed by atoms with Gasteiger partial charge < -0.3 is 10.2 Å². The summed E-state index contributed by atoms with van der Waals surface area (Å²) in [5, 5.41) is 19.3. The minimum Gasteiger partial charge on any atom is -0.387 e. The number of aliphatic hydroxyl groups excluding tert-OH is 1. The summed E-state index contributed by atoms with van der Waals surface area (Å²) < 4.78 is 12.9. The molecule has 0 aliphatic rings. The lowest BCUT2D eigenvalue weighted by Crippen LogP contribution is -2.28. The normalized spacial score (nSPS) is 14.1. The molecule has 0 aromatic heterocycles. The van der Waals surface area contributed by atoms with Gasteiger partial charge in [0, 0.05) is 0 Å². The van der Waals surface area contributed by atoms with E-state index in [9.17, 15) is 14.6 Å². The topological polar surface area (TPSA) is 40.5 Å². The molecule has 0 spiro atoms. The van der Waals surface area contributed by atoms with E-state index in [0.29, 0.717) is 11.1 Å². The maximum absolute atomic E-state index is 12.9. The molecule has 1 atom stereocenters. The van der Waals surface area contributed by atoms with E-state index in [1.54, 1.807) is 6.92 Å². The highest BCUT2D eigenvalue weighted by Gasteiger charge is 2.26. The second-order valence-corrected chi connectivity index (χ2v) is 4.06. The van der Waals surface area contributed by atoms with Crippen molar-refractivity contribution in [3.05, 3.63) is 35.1 Å². The molecule has 0 aliphatic carbocycles. The average Bonchev–Trinajstić information content (AvgIpc) is 2.07. The van der Waals surface area contributed by atoms with Gasteiger partial charge in [-0.25, -0.2) is 4.39 Å². The van der Waals surface area contributed by atoms with Crippen molar-refractivity contribution in [1.29, 1.82) is 0 Å². The van der Waals surface area contributed by atoms with Gasteiger partial charge in [-0.3, -0.25) is 0 Å². The monoisotopic (exact) mass is 198 g/mol. The summed E-state index contributed by atoms with van der Waals surface area (Å²) >= 11 is 0. The largest absolute Gasteiger partial charge is 0.387 e. The molecule has 1 rings (SSSR count). The zero-order valence-corrected chi connectivity index (χ0v) is 8.58. The molecule has 1 aromatic rings. The van der Waals surface area contributed by atoms with Gasteiger partial charge in [-0.05, 0) is 38.0 Å². The summed E-state index contributed by atoms with van der Waals surface area (Å²) in [5.74, 6) is -0.309. The Morgan fingerprint density at radius 2 is 1.93 bits per heavy atom. The van der Waals surface area contributed by atoms with Crippen molar-refractivity contribution >= 4 is 0 Å². The van der Waals surface area contributed by atoms with Gasteiger partial charge in [0.2, 0.25) is 0 Å². The molecule has 0 saturated carbocycles. The minimum absolute atomic E-state index is 0.309. The molecule has 2 nitrogen and oxygen atoms in total. The molecule has 0 aliphatic heterocycles. The van der Waals surface area contributed by atoms with Gasteiger partial charge in [-0.15, -0.1) is 0 Å². The predicted molar refractivity (Wildman–Crippen MR) is 52.4 cm³/mol. The first-order chi connectivity index (χ1) is 6.32. The van der Waals surface area contributed by atoms with Crippen LogP contribution >= 0.6 is 0 Å². The van der Waals surface area contributed by atoms with Gasteiger partial charge in [0.1, 0.15) is 11.9 Å². The van der Waals surface area contributed by atoms with Crippen molar-refractivity contribution < 1.29 is 14.6 Å². The van der Waals surface area contributed by atoms with Crippen LogP contribution in [0.25, 0.3) is 0 Å². The lowest BCUT2D eigenvalue weighted by Gasteiger charge is -2.25. The minimum atomic E-state index is -1.22. The van der Waals surface area contributed by atoms with Crippen LogP contribution in [0, 0.1) is 12.7 Å². The van der Waals surface area contributed by atoms with Crippen LogP contribution in [0.1, 0.15) is 31.1 Å². The Morgan fingerprint density at radius 3 is 2.36 bits per heavy atom. The second kappa shape index (κ2) is 3.67. The van der Waals surface area contributed by atoms with E-state index in [0.717, 1.165) is 0 Å². The number of halogens is 1. The van der Waals surface area contributed by atoms with Crippen LogP contribution in [0.5, 0.6) is 0 Å². The molecule has 0 heterocycles. The maximum atomic E-state index is 12.9. The van der Waals surface area contributed by atoms with E-state index >= 15 is 0 Å². The number of aryl methyl sites for hydroxylation is 1. The van der Waals surface area contributed by atoms with Crippen molar-refractivity contribution in [3.8, 4) is 0 Å². The number of aliphatic hydroxyl groups is 2. The molecule has 0 bridgehead atoms. The number of benzene rings is 1. The van der Waals surface area contributed by atoms with Crippen molar-refractivity contribution in [2.24, 2.45) is 0 Å². The highest BCUT2D eigenvalue weighted by atomic mass is 19.1. The third kappa shape index (κ3) is 2.30.